The average molecular weight is 457 g/mol. The van der Waals surface area contributed by atoms with E-state index in [-0.39, 0.29) is 17.9 Å². The number of nitrogens with zero attached hydrogens (tertiary/aromatic N) is 1. The summed E-state index contributed by atoms with van der Waals surface area (Å²) in [5, 5.41) is 23.4. The van der Waals surface area contributed by atoms with Crippen LogP contribution in [0.15, 0.2) is 60.7 Å². The Labute approximate surface area is 189 Å². The number of nitro groups is 1. The zero-order valence-corrected chi connectivity index (χ0v) is 18.0. The van der Waals surface area contributed by atoms with Crippen LogP contribution in [0.25, 0.3) is 0 Å². The van der Waals surface area contributed by atoms with Crippen LogP contribution in [-0.2, 0) is 13.2 Å². The Balaban J connectivity index is 1.73. The number of nitro benzene ring substituents is 1. The Morgan fingerprint density at radius 2 is 1.84 bits per heavy atom. The van der Waals surface area contributed by atoms with Gasteiger partial charge in [0, 0.05) is 24.4 Å². The van der Waals surface area contributed by atoms with Gasteiger partial charge < -0.3 is 19.9 Å². The summed E-state index contributed by atoms with van der Waals surface area (Å²) in [5.74, 6) is -0.147. The molecule has 9 heteroatoms. The third kappa shape index (κ3) is 5.89. The predicted molar refractivity (Wildman–Crippen MR) is 121 cm³/mol. The maximum atomic E-state index is 11.1. The van der Waals surface area contributed by atoms with Crippen LogP contribution in [0.2, 0.25) is 5.02 Å². The minimum atomic E-state index is -0.996. The number of halogens is 1. The van der Waals surface area contributed by atoms with Gasteiger partial charge in [-0.15, -0.1) is 0 Å². The molecular weight excluding hydrogens is 436 g/mol. The van der Waals surface area contributed by atoms with Crippen LogP contribution in [0.1, 0.15) is 28.4 Å². The lowest BCUT2D eigenvalue weighted by Crippen LogP contribution is -2.04. The fourth-order valence-electron chi connectivity index (χ4n) is 2.96. The molecule has 0 aliphatic carbocycles. The van der Waals surface area contributed by atoms with E-state index in [4.69, 9.17) is 26.2 Å². The fourth-order valence-corrected chi connectivity index (χ4v) is 3.25. The molecule has 0 unspecified atom stereocenters. The molecule has 0 saturated carbocycles. The number of benzene rings is 3. The average Bonchev–Trinajstić information content (AvgIpc) is 2.78. The van der Waals surface area contributed by atoms with Crippen LogP contribution in [-0.4, -0.2) is 22.6 Å². The summed E-state index contributed by atoms with van der Waals surface area (Å²) in [4.78, 5) is 21.5. The number of non-ortho nitro benzene ring substituents is 1. The highest BCUT2D eigenvalue weighted by Crippen LogP contribution is 2.37. The minimum absolute atomic E-state index is 0.00697. The molecule has 0 heterocycles. The molecule has 3 rings (SSSR count). The summed E-state index contributed by atoms with van der Waals surface area (Å²) in [7, 11) is 0. The smallest absolute Gasteiger partial charge is 0.335 e. The number of rotatable bonds is 10. The van der Waals surface area contributed by atoms with Crippen molar-refractivity contribution in [3.05, 3.63) is 92.5 Å². The first-order chi connectivity index (χ1) is 15.4. The molecule has 3 aromatic rings. The highest BCUT2D eigenvalue weighted by atomic mass is 35.5. The molecule has 0 spiro atoms. The number of aromatic carboxylic acids is 1. The van der Waals surface area contributed by atoms with Crippen molar-refractivity contribution in [2.75, 3.05) is 11.9 Å². The summed E-state index contributed by atoms with van der Waals surface area (Å²) in [6.45, 7) is 2.81. The van der Waals surface area contributed by atoms with Crippen LogP contribution >= 0.6 is 11.6 Å². The van der Waals surface area contributed by atoms with Gasteiger partial charge in [-0.25, -0.2) is 4.79 Å². The molecule has 0 aromatic heterocycles. The molecule has 32 heavy (non-hydrogen) atoms. The molecule has 0 atom stereocenters. The lowest BCUT2D eigenvalue weighted by molar-refractivity contribution is -0.384. The molecule has 8 nitrogen and oxygen atoms in total. The summed E-state index contributed by atoms with van der Waals surface area (Å²) in [6.07, 6.45) is 0. The molecule has 0 aliphatic heterocycles. The van der Waals surface area contributed by atoms with Gasteiger partial charge in [0.2, 0.25) is 0 Å². The van der Waals surface area contributed by atoms with Crippen LogP contribution in [0.5, 0.6) is 11.5 Å². The molecule has 0 bridgehead atoms. The van der Waals surface area contributed by atoms with E-state index in [1.165, 1.54) is 18.2 Å². The summed E-state index contributed by atoms with van der Waals surface area (Å²) in [6, 6.07) is 16.1. The molecule has 0 saturated heterocycles. The Bertz CT molecular complexity index is 1120. The van der Waals surface area contributed by atoms with Crippen molar-refractivity contribution in [3.8, 4) is 11.5 Å². The third-order valence-electron chi connectivity index (χ3n) is 4.51. The molecule has 3 aromatic carbocycles. The predicted octanol–water partition coefficient (Wildman–Crippen LogP) is 5.54. The van der Waals surface area contributed by atoms with Gasteiger partial charge in [-0.2, -0.15) is 0 Å². The molecule has 2 N–H and O–H groups in total. The number of anilines is 1. The molecular formula is C23H21ClN2O6. The van der Waals surface area contributed by atoms with E-state index in [1.807, 2.05) is 6.92 Å². The monoisotopic (exact) mass is 456 g/mol. The second-order valence-corrected chi connectivity index (χ2v) is 7.20. The van der Waals surface area contributed by atoms with Crippen molar-refractivity contribution in [2.45, 2.75) is 20.1 Å². The van der Waals surface area contributed by atoms with E-state index in [2.05, 4.69) is 5.32 Å². The van der Waals surface area contributed by atoms with Crippen molar-refractivity contribution in [3.63, 3.8) is 0 Å². The lowest BCUT2D eigenvalue weighted by Gasteiger charge is -2.16. The highest BCUT2D eigenvalue weighted by Gasteiger charge is 2.14. The lowest BCUT2D eigenvalue weighted by atomic mass is 10.1. The molecule has 166 valence electrons. The van der Waals surface area contributed by atoms with E-state index >= 15 is 0 Å². The maximum Gasteiger partial charge on any atom is 0.335 e. The fraction of sp³-hybridized carbons (Fsp3) is 0.174. The first kappa shape index (κ1) is 22.9. The standard InChI is InChI=1S/C23H21ClN2O6/c1-2-31-21-11-16(13-25-18-5-3-4-17(12-18)23(27)28)10-20(24)22(21)32-14-15-6-8-19(9-7-15)26(29)30/h3-12,25H,2,13-14H2,1H3,(H,27,28). The SMILES string of the molecule is CCOc1cc(CNc2cccc(C(=O)O)c2)cc(Cl)c1OCc1ccc([N+](=O)[O-])cc1. The largest absolute Gasteiger partial charge is 0.490 e. The van der Waals surface area contributed by atoms with Gasteiger partial charge in [-0.1, -0.05) is 17.7 Å². The van der Waals surface area contributed by atoms with E-state index in [1.54, 1.807) is 42.5 Å². The zero-order chi connectivity index (χ0) is 23.1. The number of nitrogens with one attached hydrogen (secondary N) is 1. The molecule has 0 fully saturated rings. The number of carboxylic acid groups (broad SMARTS) is 1. The van der Waals surface area contributed by atoms with Crippen LogP contribution in [0, 0.1) is 10.1 Å². The Morgan fingerprint density at radius 3 is 2.50 bits per heavy atom. The van der Waals surface area contributed by atoms with Gasteiger partial charge in [0.1, 0.15) is 6.61 Å². The van der Waals surface area contributed by atoms with Crippen molar-refractivity contribution >= 4 is 28.9 Å². The summed E-state index contributed by atoms with van der Waals surface area (Å²) >= 11 is 6.45. The number of hydrogen-bond donors (Lipinski definition) is 2. The molecule has 0 amide bonds. The quantitative estimate of drug-likeness (QED) is 0.304. The highest BCUT2D eigenvalue weighted by molar-refractivity contribution is 6.32. The van der Waals surface area contributed by atoms with Crippen LogP contribution in [0.4, 0.5) is 11.4 Å². The second-order valence-electron chi connectivity index (χ2n) is 6.79. The van der Waals surface area contributed by atoms with Gasteiger partial charge >= 0.3 is 5.97 Å². The van der Waals surface area contributed by atoms with E-state index in [0.717, 1.165) is 11.1 Å². The summed E-state index contributed by atoms with van der Waals surface area (Å²) in [5.41, 5.74) is 2.43. The first-order valence-corrected chi connectivity index (χ1v) is 10.1. The number of carbonyl (C=O) groups is 1. The van der Waals surface area contributed by atoms with Gasteiger partial charge in [-0.05, 0) is 60.5 Å². The number of ether oxygens (including phenoxy) is 2. The normalized spacial score (nSPS) is 10.4. The van der Waals surface area contributed by atoms with Crippen molar-refractivity contribution in [2.24, 2.45) is 0 Å². The first-order valence-electron chi connectivity index (χ1n) is 9.76. The number of carboxylic acids is 1. The van der Waals surface area contributed by atoms with E-state index in [0.29, 0.717) is 35.4 Å². The van der Waals surface area contributed by atoms with Gasteiger partial charge in [-0.3, -0.25) is 10.1 Å². The topological polar surface area (TPSA) is 111 Å². The van der Waals surface area contributed by atoms with Crippen LogP contribution < -0.4 is 14.8 Å². The second kappa shape index (κ2) is 10.5. The van der Waals surface area contributed by atoms with Crippen molar-refractivity contribution in [1.82, 2.24) is 0 Å². The minimum Gasteiger partial charge on any atom is -0.490 e. The number of hydrogen-bond acceptors (Lipinski definition) is 6. The van der Waals surface area contributed by atoms with E-state index < -0.39 is 10.9 Å². The summed E-state index contributed by atoms with van der Waals surface area (Å²) < 4.78 is 11.6. The molecule has 0 aliphatic rings. The zero-order valence-electron chi connectivity index (χ0n) is 17.2. The maximum absolute atomic E-state index is 11.1. The van der Waals surface area contributed by atoms with Crippen LogP contribution in [0.3, 0.4) is 0 Å². The molecule has 0 radical (unpaired) electrons. The Hall–Kier alpha value is -3.78. The van der Waals surface area contributed by atoms with Gasteiger partial charge in [0.05, 0.1) is 22.1 Å². The third-order valence-corrected chi connectivity index (χ3v) is 4.79. The Morgan fingerprint density at radius 1 is 1.09 bits per heavy atom. The van der Waals surface area contributed by atoms with Gasteiger partial charge in [0.25, 0.3) is 5.69 Å². The van der Waals surface area contributed by atoms with Gasteiger partial charge in [0.15, 0.2) is 11.5 Å². The van der Waals surface area contributed by atoms with Crippen molar-refractivity contribution in [1.29, 1.82) is 0 Å². The van der Waals surface area contributed by atoms with E-state index in [9.17, 15) is 14.9 Å². The van der Waals surface area contributed by atoms with Crippen molar-refractivity contribution < 1.29 is 24.3 Å². The Kier molecular flexibility index (Phi) is 7.51.